The summed E-state index contributed by atoms with van der Waals surface area (Å²) < 4.78 is 2.40. The Hall–Kier alpha value is -0.963. The van der Waals surface area contributed by atoms with E-state index in [-0.39, 0.29) is 0 Å². The fraction of sp³-hybridized carbons (Fsp3) is 0.455. The van der Waals surface area contributed by atoms with Crippen LogP contribution in [0.5, 0.6) is 5.75 Å². The van der Waals surface area contributed by atoms with Crippen LogP contribution < -0.4 is 4.57 Å². The predicted molar refractivity (Wildman–Crippen MR) is 64.5 cm³/mol. The molecule has 0 aliphatic rings. The molecule has 14 heavy (non-hydrogen) atoms. The van der Waals surface area contributed by atoms with Crippen molar-refractivity contribution >= 4 is 13.9 Å². The van der Waals surface area contributed by atoms with E-state index in [4.69, 9.17) is 0 Å². The fourth-order valence-electron chi connectivity index (χ4n) is 1.71. The van der Waals surface area contributed by atoms with Gasteiger partial charge in [-0.3, -0.25) is 0 Å². The highest BCUT2D eigenvalue weighted by Gasteiger charge is 2.22. The van der Waals surface area contributed by atoms with Crippen LogP contribution in [0.2, 0.25) is 19.6 Å². The van der Waals surface area contributed by atoms with Crippen LogP contribution in [0.3, 0.4) is 0 Å². The molecule has 1 aromatic rings. The molecule has 2 nitrogen and oxygen atoms in total. The molecule has 0 spiro atoms. The highest BCUT2D eigenvalue weighted by atomic mass is 28.3. The SMILES string of the molecule is CCN(c1cccc(O)c1)[Si](C)(C)C. The lowest BCUT2D eigenvalue weighted by molar-refractivity contribution is 0.475. The summed E-state index contributed by atoms with van der Waals surface area (Å²) in [6, 6.07) is 7.50. The van der Waals surface area contributed by atoms with Crippen LogP contribution in [0.15, 0.2) is 24.3 Å². The maximum Gasteiger partial charge on any atom is 0.147 e. The smallest absolute Gasteiger partial charge is 0.147 e. The van der Waals surface area contributed by atoms with Crippen LogP contribution >= 0.6 is 0 Å². The van der Waals surface area contributed by atoms with Gasteiger partial charge in [0.05, 0.1) is 0 Å². The number of aromatic hydroxyl groups is 1. The number of rotatable bonds is 3. The molecule has 0 bridgehead atoms. The first kappa shape index (κ1) is 11.1. The fourth-order valence-corrected chi connectivity index (χ4v) is 3.57. The molecule has 0 fully saturated rings. The molecule has 0 atom stereocenters. The summed E-state index contributed by atoms with van der Waals surface area (Å²) >= 11 is 0. The van der Waals surface area contributed by atoms with Crippen molar-refractivity contribution in [3.05, 3.63) is 24.3 Å². The highest BCUT2D eigenvalue weighted by molar-refractivity contribution is 6.79. The van der Waals surface area contributed by atoms with Gasteiger partial charge in [-0.25, -0.2) is 0 Å². The van der Waals surface area contributed by atoms with Gasteiger partial charge in [-0.1, -0.05) is 25.7 Å². The number of phenolic OH excluding ortho intramolecular Hbond substituents is 1. The van der Waals surface area contributed by atoms with Gasteiger partial charge >= 0.3 is 0 Å². The van der Waals surface area contributed by atoms with Crippen molar-refractivity contribution in [1.29, 1.82) is 0 Å². The van der Waals surface area contributed by atoms with Crippen LogP contribution in [0, 0.1) is 0 Å². The Morgan fingerprint density at radius 1 is 1.29 bits per heavy atom. The molecule has 0 amide bonds. The standard InChI is InChI=1S/C11H19NOSi/c1-5-12(14(2,3)4)10-7-6-8-11(13)9-10/h6-9,13H,5H2,1-4H3. The summed E-state index contributed by atoms with van der Waals surface area (Å²) in [5, 5.41) is 9.41. The lowest BCUT2D eigenvalue weighted by Crippen LogP contribution is -2.46. The van der Waals surface area contributed by atoms with Crippen LogP contribution in [0.25, 0.3) is 0 Å². The molecule has 1 N–H and O–H groups in total. The second kappa shape index (κ2) is 4.05. The van der Waals surface area contributed by atoms with Crippen molar-refractivity contribution in [3.63, 3.8) is 0 Å². The predicted octanol–water partition coefficient (Wildman–Crippen LogP) is 3.05. The number of anilines is 1. The molecule has 0 saturated heterocycles. The number of hydrogen-bond acceptors (Lipinski definition) is 2. The minimum atomic E-state index is -1.33. The summed E-state index contributed by atoms with van der Waals surface area (Å²) in [4.78, 5) is 0. The van der Waals surface area contributed by atoms with Crippen LogP contribution in [-0.4, -0.2) is 19.9 Å². The van der Waals surface area contributed by atoms with E-state index in [0.29, 0.717) is 5.75 Å². The van der Waals surface area contributed by atoms with E-state index in [1.54, 1.807) is 6.07 Å². The zero-order valence-corrected chi connectivity index (χ0v) is 10.4. The Balaban J connectivity index is 3.01. The van der Waals surface area contributed by atoms with Crippen LogP contribution in [-0.2, 0) is 0 Å². The second-order valence-electron chi connectivity index (χ2n) is 4.43. The van der Waals surface area contributed by atoms with E-state index in [1.165, 1.54) is 0 Å². The van der Waals surface area contributed by atoms with E-state index in [2.05, 4.69) is 37.2 Å². The first-order valence-corrected chi connectivity index (χ1v) is 8.46. The van der Waals surface area contributed by atoms with E-state index in [0.717, 1.165) is 12.2 Å². The van der Waals surface area contributed by atoms with E-state index in [9.17, 15) is 5.11 Å². The third-order valence-electron chi connectivity index (χ3n) is 2.27. The number of phenols is 1. The summed E-state index contributed by atoms with van der Waals surface area (Å²) in [5.41, 5.74) is 1.13. The average Bonchev–Trinajstić information content (AvgIpc) is 2.02. The molecule has 3 heteroatoms. The lowest BCUT2D eigenvalue weighted by atomic mass is 10.3. The molecule has 0 saturated carbocycles. The molecule has 1 aromatic carbocycles. The van der Waals surface area contributed by atoms with Crippen molar-refractivity contribution in [2.75, 3.05) is 11.1 Å². The zero-order chi connectivity index (χ0) is 10.8. The van der Waals surface area contributed by atoms with Crippen molar-refractivity contribution in [2.45, 2.75) is 26.6 Å². The zero-order valence-electron chi connectivity index (χ0n) is 9.41. The molecule has 0 unspecified atom stereocenters. The van der Waals surface area contributed by atoms with Crippen LogP contribution in [0.1, 0.15) is 6.92 Å². The molecule has 1 rings (SSSR count). The minimum Gasteiger partial charge on any atom is -0.508 e. The number of hydrogen-bond donors (Lipinski definition) is 1. The van der Waals surface area contributed by atoms with Crippen molar-refractivity contribution < 1.29 is 5.11 Å². The Kier molecular flexibility index (Phi) is 3.21. The second-order valence-corrected chi connectivity index (χ2v) is 9.32. The first-order chi connectivity index (χ1) is 6.45. The normalized spacial score (nSPS) is 11.4. The highest BCUT2D eigenvalue weighted by Crippen LogP contribution is 2.24. The van der Waals surface area contributed by atoms with Crippen molar-refractivity contribution in [2.24, 2.45) is 0 Å². The third kappa shape index (κ3) is 2.51. The van der Waals surface area contributed by atoms with Crippen molar-refractivity contribution in [3.8, 4) is 5.75 Å². The van der Waals surface area contributed by atoms with Crippen LogP contribution in [0.4, 0.5) is 5.69 Å². The van der Waals surface area contributed by atoms with Gasteiger partial charge in [0.25, 0.3) is 0 Å². The molecule has 0 aliphatic heterocycles. The Morgan fingerprint density at radius 3 is 2.36 bits per heavy atom. The maximum absolute atomic E-state index is 9.41. The summed E-state index contributed by atoms with van der Waals surface area (Å²) in [5.74, 6) is 0.346. The summed E-state index contributed by atoms with van der Waals surface area (Å²) in [6.45, 7) is 10.1. The molecule has 0 aromatic heterocycles. The minimum absolute atomic E-state index is 0.346. The van der Waals surface area contributed by atoms with E-state index >= 15 is 0 Å². The maximum atomic E-state index is 9.41. The first-order valence-electron chi connectivity index (χ1n) is 5.02. The summed E-state index contributed by atoms with van der Waals surface area (Å²) in [7, 11) is -1.33. The monoisotopic (exact) mass is 209 g/mol. The van der Waals surface area contributed by atoms with Gasteiger partial charge in [0.2, 0.25) is 0 Å². The average molecular weight is 209 g/mol. The largest absolute Gasteiger partial charge is 0.508 e. The van der Waals surface area contributed by atoms with E-state index in [1.807, 2.05) is 12.1 Å². The Morgan fingerprint density at radius 2 is 1.93 bits per heavy atom. The summed E-state index contributed by atoms with van der Waals surface area (Å²) in [6.07, 6.45) is 0. The van der Waals surface area contributed by atoms with Gasteiger partial charge < -0.3 is 9.67 Å². The molecular formula is C11H19NOSi. The molecule has 0 radical (unpaired) electrons. The van der Waals surface area contributed by atoms with Gasteiger partial charge in [0.15, 0.2) is 0 Å². The molecule has 0 heterocycles. The molecular weight excluding hydrogens is 190 g/mol. The van der Waals surface area contributed by atoms with Gasteiger partial charge in [0, 0.05) is 18.3 Å². The van der Waals surface area contributed by atoms with Crippen molar-refractivity contribution in [1.82, 2.24) is 0 Å². The topological polar surface area (TPSA) is 23.5 Å². The number of nitrogens with zero attached hydrogens (tertiary/aromatic N) is 1. The van der Waals surface area contributed by atoms with Gasteiger partial charge in [-0.15, -0.1) is 0 Å². The quantitative estimate of drug-likeness (QED) is 0.773. The molecule has 78 valence electrons. The molecule has 0 aliphatic carbocycles. The Labute approximate surface area is 87.3 Å². The Bertz CT molecular complexity index is 306. The number of benzene rings is 1. The van der Waals surface area contributed by atoms with Gasteiger partial charge in [0.1, 0.15) is 14.0 Å². The third-order valence-corrected chi connectivity index (χ3v) is 4.46. The van der Waals surface area contributed by atoms with E-state index < -0.39 is 8.24 Å². The van der Waals surface area contributed by atoms with Gasteiger partial charge in [-0.2, -0.15) is 0 Å². The lowest BCUT2D eigenvalue weighted by Gasteiger charge is -2.35. The van der Waals surface area contributed by atoms with Gasteiger partial charge in [-0.05, 0) is 19.1 Å².